The molecule has 1 amide bonds. The van der Waals surface area contributed by atoms with Crippen molar-refractivity contribution in [3.8, 4) is 17.0 Å². The number of nitrogens with one attached hydrogen (secondary N) is 1. The number of anilines is 1. The van der Waals surface area contributed by atoms with E-state index in [9.17, 15) is 4.79 Å². The second kappa shape index (κ2) is 8.61. The van der Waals surface area contributed by atoms with Crippen LogP contribution in [0.25, 0.3) is 16.9 Å². The highest BCUT2D eigenvalue weighted by atomic mass is 16.5. The van der Waals surface area contributed by atoms with Crippen LogP contribution < -0.4 is 10.1 Å². The molecule has 5 nitrogen and oxygen atoms in total. The van der Waals surface area contributed by atoms with E-state index < -0.39 is 0 Å². The summed E-state index contributed by atoms with van der Waals surface area (Å²) in [6.45, 7) is 2.84. The molecule has 1 N–H and O–H groups in total. The second-order valence-electron chi connectivity index (χ2n) is 6.85. The van der Waals surface area contributed by atoms with E-state index in [0.717, 1.165) is 41.2 Å². The van der Waals surface area contributed by atoms with Crippen LogP contribution in [0.2, 0.25) is 0 Å². The van der Waals surface area contributed by atoms with E-state index >= 15 is 0 Å². The maximum atomic E-state index is 12.7. The Hall–Kier alpha value is -3.60. The third-order valence-electron chi connectivity index (χ3n) is 4.67. The number of hydrogen-bond donors (Lipinski definition) is 1. The molecule has 146 valence electrons. The van der Waals surface area contributed by atoms with E-state index in [1.54, 1.807) is 12.1 Å². The van der Waals surface area contributed by atoms with E-state index in [4.69, 9.17) is 4.74 Å². The van der Waals surface area contributed by atoms with Gasteiger partial charge in [0.15, 0.2) is 0 Å². The minimum absolute atomic E-state index is 0.170. The van der Waals surface area contributed by atoms with Gasteiger partial charge in [-0.1, -0.05) is 43.7 Å². The zero-order chi connectivity index (χ0) is 20.1. The van der Waals surface area contributed by atoms with E-state index in [1.165, 1.54) is 0 Å². The molecule has 2 aromatic heterocycles. The highest BCUT2D eigenvalue weighted by molar-refractivity contribution is 6.04. The SMILES string of the molecule is CCCCOc1ccc(NC(=O)c2ccn3cc(-c4ccccc4)nc3c2)cc1. The first-order valence-electron chi connectivity index (χ1n) is 9.81. The van der Waals surface area contributed by atoms with Crippen LogP contribution in [-0.4, -0.2) is 21.9 Å². The number of hydrogen-bond acceptors (Lipinski definition) is 3. The fourth-order valence-electron chi connectivity index (χ4n) is 3.04. The van der Waals surface area contributed by atoms with Gasteiger partial charge in [0.1, 0.15) is 11.4 Å². The molecule has 0 aliphatic rings. The summed E-state index contributed by atoms with van der Waals surface area (Å²) in [6.07, 6.45) is 5.94. The molecule has 29 heavy (non-hydrogen) atoms. The summed E-state index contributed by atoms with van der Waals surface area (Å²) in [4.78, 5) is 17.3. The van der Waals surface area contributed by atoms with E-state index in [2.05, 4.69) is 17.2 Å². The zero-order valence-corrected chi connectivity index (χ0v) is 16.3. The lowest BCUT2D eigenvalue weighted by atomic mass is 10.2. The Balaban J connectivity index is 1.47. The molecule has 0 unspecified atom stereocenters. The van der Waals surface area contributed by atoms with Crippen molar-refractivity contribution < 1.29 is 9.53 Å². The third-order valence-corrected chi connectivity index (χ3v) is 4.67. The highest BCUT2D eigenvalue weighted by Gasteiger charge is 2.10. The summed E-state index contributed by atoms with van der Waals surface area (Å²) in [7, 11) is 0. The Labute approximate surface area is 170 Å². The Morgan fingerprint density at radius 3 is 2.62 bits per heavy atom. The second-order valence-corrected chi connectivity index (χ2v) is 6.85. The zero-order valence-electron chi connectivity index (χ0n) is 16.3. The Bertz CT molecular complexity index is 1100. The van der Waals surface area contributed by atoms with Crippen molar-refractivity contribution in [1.29, 1.82) is 0 Å². The summed E-state index contributed by atoms with van der Waals surface area (Å²) in [5, 5.41) is 2.92. The smallest absolute Gasteiger partial charge is 0.255 e. The minimum Gasteiger partial charge on any atom is -0.494 e. The first-order valence-corrected chi connectivity index (χ1v) is 9.81. The van der Waals surface area contributed by atoms with Crippen molar-refractivity contribution in [2.45, 2.75) is 19.8 Å². The number of amides is 1. The number of aromatic nitrogens is 2. The standard InChI is InChI=1S/C24H23N3O2/c1-2-3-15-29-21-11-9-20(10-12-21)25-24(28)19-13-14-27-17-22(26-23(27)16-19)18-7-5-4-6-8-18/h4-14,16-17H,2-3,15H2,1H3,(H,25,28). The van der Waals surface area contributed by atoms with Crippen molar-refractivity contribution in [1.82, 2.24) is 9.38 Å². The number of pyridine rings is 1. The number of rotatable bonds is 7. The third kappa shape index (κ3) is 4.46. The number of nitrogens with zero attached hydrogens (tertiary/aromatic N) is 2. The molecule has 0 aliphatic heterocycles. The number of fused-ring (bicyclic) bond motifs is 1. The largest absolute Gasteiger partial charge is 0.494 e. The predicted octanol–water partition coefficient (Wildman–Crippen LogP) is 5.43. The monoisotopic (exact) mass is 385 g/mol. The molecule has 4 aromatic rings. The van der Waals surface area contributed by atoms with E-state index in [1.807, 2.05) is 71.4 Å². The summed E-state index contributed by atoms with van der Waals surface area (Å²) < 4.78 is 7.57. The van der Waals surface area contributed by atoms with Crippen LogP contribution in [-0.2, 0) is 0 Å². The van der Waals surface area contributed by atoms with Crippen molar-refractivity contribution in [2.75, 3.05) is 11.9 Å². The molecule has 2 aromatic carbocycles. The summed E-state index contributed by atoms with van der Waals surface area (Å²) in [5.41, 5.74) is 3.94. The summed E-state index contributed by atoms with van der Waals surface area (Å²) in [5.74, 6) is 0.639. The Morgan fingerprint density at radius 1 is 1.07 bits per heavy atom. The topological polar surface area (TPSA) is 55.6 Å². The number of carbonyl (C=O) groups is 1. The average molecular weight is 385 g/mol. The van der Waals surface area contributed by atoms with Gasteiger partial charge in [-0.25, -0.2) is 4.98 Å². The van der Waals surface area contributed by atoms with Crippen LogP contribution in [0.4, 0.5) is 5.69 Å². The molecule has 4 rings (SSSR count). The fraction of sp³-hybridized carbons (Fsp3) is 0.167. The quantitative estimate of drug-likeness (QED) is 0.431. The first kappa shape index (κ1) is 18.7. The van der Waals surface area contributed by atoms with Gasteiger partial charge in [0.05, 0.1) is 12.3 Å². The number of carbonyl (C=O) groups excluding carboxylic acids is 1. The van der Waals surface area contributed by atoms with Crippen molar-refractivity contribution in [3.05, 3.63) is 84.7 Å². The molecule has 0 saturated carbocycles. The molecule has 2 heterocycles. The van der Waals surface area contributed by atoms with Crippen molar-refractivity contribution >= 4 is 17.2 Å². The van der Waals surface area contributed by atoms with Crippen LogP contribution in [0.15, 0.2) is 79.1 Å². The predicted molar refractivity (Wildman–Crippen MR) is 115 cm³/mol. The normalized spacial score (nSPS) is 10.8. The lowest BCUT2D eigenvalue weighted by Gasteiger charge is -2.08. The summed E-state index contributed by atoms with van der Waals surface area (Å²) in [6, 6.07) is 21.0. The fourth-order valence-corrected chi connectivity index (χ4v) is 3.04. The van der Waals surface area contributed by atoms with Crippen molar-refractivity contribution in [2.24, 2.45) is 0 Å². The van der Waals surface area contributed by atoms with Gasteiger partial charge in [0, 0.05) is 29.2 Å². The van der Waals surface area contributed by atoms with Gasteiger partial charge >= 0.3 is 0 Å². The Kier molecular flexibility index (Phi) is 5.56. The van der Waals surface area contributed by atoms with Gasteiger partial charge < -0.3 is 14.5 Å². The van der Waals surface area contributed by atoms with Gasteiger partial charge in [-0.15, -0.1) is 0 Å². The number of ether oxygens (including phenoxy) is 1. The molecule has 0 spiro atoms. The van der Waals surface area contributed by atoms with Gasteiger partial charge in [-0.3, -0.25) is 4.79 Å². The molecule has 5 heteroatoms. The van der Waals surface area contributed by atoms with Crippen LogP contribution in [0.1, 0.15) is 30.1 Å². The van der Waals surface area contributed by atoms with Crippen LogP contribution in [0.3, 0.4) is 0 Å². The highest BCUT2D eigenvalue weighted by Crippen LogP contribution is 2.20. The van der Waals surface area contributed by atoms with Crippen molar-refractivity contribution in [3.63, 3.8) is 0 Å². The molecule has 0 aliphatic carbocycles. The van der Waals surface area contributed by atoms with E-state index in [-0.39, 0.29) is 5.91 Å². The van der Waals surface area contributed by atoms with Gasteiger partial charge in [0.25, 0.3) is 5.91 Å². The maximum Gasteiger partial charge on any atom is 0.255 e. The van der Waals surface area contributed by atoms with Gasteiger partial charge in [-0.2, -0.15) is 0 Å². The average Bonchev–Trinajstić information content (AvgIpc) is 3.19. The van der Waals surface area contributed by atoms with E-state index in [0.29, 0.717) is 12.2 Å². The summed E-state index contributed by atoms with van der Waals surface area (Å²) >= 11 is 0. The molecule has 0 bridgehead atoms. The molecular formula is C24H23N3O2. The Morgan fingerprint density at radius 2 is 1.86 bits per heavy atom. The van der Waals surface area contributed by atoms with Gasteiger partial charge in [0.2, 0.25) is 0 Å². The van der Waals surface area contributed by atoms with Crippen LogP contribution in [0.5, 0.6) is 5.75 Å². The first-order chi connectivity index (χ1) is 14.2. The minimum atomic E-state index is -0.170. The number of imidazole rings is 1. The molecule has 0 fully saturated rings. The molecular weight excluding hydrogens is 362 g/mol. The van der Waals surface area contributed by atoms with Gasteiger partial charge in [-0.05, 0) is 42.8 Å². The van der Waals surface area contributed by atoms with Crippen LogP contribution >= 0.6 is 0 Å². The molecule has 0 saturated heterocycles. The van der Waals surface area contributed by atoms with Crippen LogP contribution in [0, 0.1) is 0 Å². The molecule has 0 atom stereocenters. The maximum absolute atomic E-state index is 12.7. The molecule has 0 radical (unpaired) electrons. The lowest BCUT2D eigenvalue weighted by Crippen LogP contribution is -2.12. The lowest BCUT2D eigenvalue weighted by molar-refractivity contribution is 0.102. The number of unbranched alkanes of at least 4 members (excludes halogenated alkanes) is 1. The number of benzene rings is 2.